The van der Waals surface area contributed by atoms with Gasteiger partial charge in [0.15, 0.2) is 6.29 Å². The molecule has 1 aromatic heterocycles. The Morgan fingerprint density at radius 2 is 2.39 bits per heavy atom. The van der Waals surface area contributed by atoms with Crippen molar-refractivity contribution in [3.63, 3.8) is 0 Å². The minimum Gasteiger partial charge on any atom is -0.492 e. The number of nitrogens with zero attached hydrogens (tertiary/aromatic N) is 2. The van der Waals surface area contributed by atoms with Crippen LogP contribution < -0.4 is 4.74 Å². The van der Waals surface area contributed by atoms with E-state index in [-0.39, 0.29) is 0 Å². The third kappa shape index (κ3) is 3.53. The summed E-state index contributed by atoms with van der Waals surface area (Å²) in [6, 6.07) is 4.11. The van der Waals surface area contributed by atoms with Gasteiger partial charge < -0.3 is 9.64 Å². The van der Waals surface area contributed by atoms with E-state index in [4.69, 9.17) is 4.74 Å². The zero-order valence-electron chi connectivity index (χ0n) is 10.8. The van der Waals surface area contributed by atoms with Crippen LogP contribution in [0, 0.1) is 0 Å². The number of rotatable bonds is 5. The van der Waals surface area contributed by atoms with Gasteiger partial charge in [-0.3, -0.25) is 4.79 Å². The molecule has 1 aliphatic rings. The number of hydrogen-bond acceptors (Lipinski definition) is 4. The fourth-order valence-corrected chi connectivity index (χ4v) is 2.37. The van der Waals surface area contributed by atoms with Crippen LogP contribution in [0.5, 0.6) is 5.75 Å². The quantitative estimate of drug-likeness (QED) is 0.749. The van der Waals surface area contributed by atoms with Crippen LogP contribution in [0.1, 0.15) is 36.2 Å². The number of aromatic nitrogens is 1. The Labute approximate surface area is 108 Å². The monoisotopic (exact) mass is 248 g/mol. The lowest BCUT2D eigenvalue weighted by molar-refractivity contribution is 0.111. The van der Waals surface area contributed by atoms with Crippen molar-refractivity contribution in [1.82, 2.24) is 9.88 Å². The van der Waals surface area contributed by atoms with Crippen LogP contribution in [0.3, 0.4) is 0 Å². The van der Waals surface area contributed by atoms with Crippen molar-refractivity contribution >= 4 is 6.29 Å². The Morgan fingerprint density at radius 3 is 3.06 bits per heavy atom. The molecule has 2 heterocycles. The Hall–Kier alpha value is -1.42. The number of piperidine rings is 1. The zero-order chi connectivity index (χ0) is 12.8. The first-order valence-electron chi connectivity index (χ1n) is 6.54. The third-order valence-corrected chi connectivity index (χ3v) is 3.52. The van der Waals surface area contributed by atoms with Gasteiger partial charge >= 0.3 is 0 Å². The van der Waals surface area contributed by atoms with Crippen molar-refractivity contribution in [3.8, 4) is 5.75 Å². The van der Waals surface area contributed by atoms with Crippen molar-refractivity contribution in [3.05, 3.63) is 24.0 Å². The summed E-state index contributed by atoms with van der Waals surface area (Å²) in [5.74, 6) is 0.735. The number of aldehydes is 1. The molecule has 98 valence electrons. The number of hydrogen-bond donors (Lipinski definition) is 0. The number of likely N-dealkylation sites (tertiary alicyclic amines) is 1. The first-order chi connectivity index (χ1) is 8.79. The predicted octanol–water partition coefficient (Wildman–Crippen LogP) is 2.15. The maximum absolute atomic E-state index is 10.5. The molecule has 2 rings (SSSR count). The van der Waals surface area contributed by atoms with Crippen LogP contribution in [0.25, 0.3) is 0 Å². The molecule has 1 atom stereocenters. The standard InChI is InChI=1S/C14H20N2O2/c1-16-8-3-2-4-13(16)7-9-18-14-6-5-12(11-17)15-10-14/h5-6,10-11,13H,2-4,7-9H2,1H3. The second-order valence-corrected chi connectivity index (χ2v) is 4.80. The average molecular weight is 248 g/mol. The van der Waals surface area contributed by atoms with E-state index in [1.165, 1.54) is 25.8 Å². The Kier molecular flexibility index (Phi) is 4.70. The minimum absolute atomic E-state index is 0.439. The van der Waals surface area contributed by atoms with E-state index < -0.39 is 0 Å². The van der Waals surface area contributed by atoms with E-state index in [1.807, 2.05) is 0 Å². The molecule has 0 spiro atoms. The van der Waals surface area contributed by atoms with Crippen molar-refractivity contribution in [2.24, 2.45) is 0 Å². The highest BCUT2D eigenvalue weighted by Gasteiger charge is 2.18. The van der Waals surface area contributed by atoms with Crippen LogP contribution in [0.2, 0.25) is 0 Å². The lowest BCUT2D eigenvalue weighted by atomic mass is 10.0. The van der Waals surface area contributed by atoms with E-state index in [1.54, 1.807) is 18.3 Å². The van der Waals surface area contributed by atoms with Crippen LogP contribution in [0.15, 0.2) is 18.3 Å². The maximum Gasteiger partial charge on any atom is 0.168 e. The van der Waals surface area contributed by atoms with Crippen LogP contribution >= 0.6 is 0 Å². The lowest BCUT2D eigenvalue weighted by Crippen LogP contribution is -2.37. The SMILES string of the molecule is CN1CCCCC1CCOc1ccc(C=O)nc1. The molecule has 1 aliphatic heterocycles. The molecule has 0 bridgehead atoms. The van der Waals surface area contributed by atoms with Crippen molar-refractivity contribution in [2.45, 2.75) is 31.7 Å². The van der Waals surface area contributed by atoms with Crippen molar-refractivity contribution in [1.29, 1.82) is 0 Å². The smallest absolute Gasteiger partial charge is 0.168 e. The topological polar surface area (TPSA) is 42.4 Å². The zero-order valence-corrected chi connectivity index (χ0v) is 10.8. The summed E-state index contributed by atoms with van der Waals surface area (Å²) in [5, 5.41) is 0. The maximum atomic E-state index is 10.5. The number of ether oxygens (including phenoxy) is 1. The van der Waals surface area contributed by atoms with E-state index in [9.17, 15) is 4.79 Å². The molecule has 0 aliphatic carbocycles. The Balaban J connectivity index is 1.75. The predicted molar refractivity (Wildman–Crippen MR) is 70.0 cm³/mol. The summed E-state index contributed by atoms with van der Waals surface area (Å²) in [6.45, 7) is 1.90. The van der Waals surface area contributed by atoms with Gasteiger partial charge in [0.25, 0.3) is 0 Å². The molecule has 0 N–H and O–H groups in total. The highest BCUT2D eigenvalue weighted by atomic mass is 16.5. The van der Waals surface area contributed by atoms with Gasteiger partial charge in [0.2, 0.25) is 0 Å². The summed E-state index contributed by atoms with van der Waals surface area (Å²) < 4.78 is 5.65. The molecule has 0 aromatic carbocycles. The summed E-state index contributed by atoms with van der Waals surface area (Å²) in [4.78, 5) is 16.9. The fourth-order valence-electron chi connectivity index (χ4n) is 2.37. The van der Waals surface area contributed by atoms with Crippen molar-refractivity contribution < 1.29 is 9.53 Å². The molecule has 18 heavy (non-hydrogen) atoms. The Morgan fingerprint density at radius 1 is 1.50 bits per heavy atom. The van der Waals surface area contributed by atoms with E-state index in [2.05, 4.69) is 16.9 Å². The molecule has 4 nitrogen and oxygen atoms in total. The number of carbonyl (C=O) groups excluding carboxylic acids is 1. The van der Waals surface area contributed by atoms with Gasteiger partial charge in [-0.25, -0.2) is 4.98 Å². The van der Waals surface area contributed by atoms with Crippen LogP contribution in [0.4, 0.5) is 0 Å². The molecule has 0 radical (unpaired) electrons. The second kappa shape index (κ2) is 6.50. The molecule has 0 saturated carbocycles. The molecule has 4 heteroatoms. The first kappa shape index (κ1) is 13.0. The van der Waals surface area contributed by atoms with Gasteiger partial charge in [-0.05, 0) is 45.0 Å². The van der Waals surface area contributed by atoms with E-state index >= 15 is 0 Å². The van der Waals surface area contributed by atoms with Gasteiger partial charge in [0.1, 0.15) is 11.4 Å². The summed E-state index contributed by atoms with van der Waals surface area (Å²) in [7, 11) is 2.18. The molecule has 1 saturated heterocycles. The fraction of sp³-hybridized carbons (Fsp3) is 0.571. The largest absolute Gasteiger partial charge is 0.492 e. The normalized spacial score (nSPS) is 20.6. The lowest BCUT2D eigenvalue weighted by Gasteiger charge is -2.32. The first-order valence-corrected chi connectivity index (χ1v) is 6.54. The molecule has 0 amide bonds. The second-order valence-electron chi connectivity index (χ2n) is 4.80. The van der Waals surface area contributed by atoms with Gasteiger partial charge in [-0.15, -0.1) is 0 Å². The molecular weight excluding hydrogens is 228 g/mol. The number of pyridine rings is 1. The highest BCUT2D eigenvalue weighted by Crippen LogP contribution is 2.18. The minimum atomic E-state index is 0.439. The van der Waals surface area contributed by atoms with Gasteiger partial charge in [0.05, 0.1) is 12.8 Å². The molecular formula is C14H20N2O2. The van der Waals surface area contributed by atoms with E-state index in [0.29, 0.717) is 18.3 Å². The summed E-state index contributed by atoms with van der Waals surface area (Å²) >= 11 is 0. The van der Waals surface area contributed by atoms with Crippen molar-refractivity contribution in [2.75, 3.05) is 20.2 Å². The molecule has 1 aromatic rings. The van der Waals surface area contributed by atoms with Crippen LogP contribution in [-0.2, 0) is 0 Å². The molecule has 1 fully saturated rings. The average Bonchev–Trinajstić information content (AvgIpc) is 2.42. The van der Waals surface area contributed by atoms with Gasteiger partial charge in [0, 0.05) is 6.04 Å². The summed E-state index contributed by atoms with van der Waals surface area (Å²) in [5.41, 5.74) is 0.439. The van der Waals surface area contributed by atoms with Gasteiger partial charge in [-0.2, -0.15) is 0 Å². The summed E-state index contributed by atoms with van der Waals surface area (Å²) in [6.07, 6.45) is 7.29. The van der Waals surface area contributed by atoms with Crippen LogP contribution in [-0.4, -0.2) is 42.4 Å². The Bertz CT molecular complexity index is 378. The molecule has 1 unspecified atom stereocenters. The van der Waals surface area contributed by atoms with Gasteiger partial charge in [-0.1, -0.05) is 6.42 Å². The highest BCUT2D eigenvalue weighted by molar-refractivity contribution is 5.71. The third-order valence-electron chi connectivity index (χ3n) is 3.52. The van der Waals surface area contributed by atoms with E-state index in [0.717, 1.165) is 18.5 Å². The number of carbonyl (C=O) groups is 1.